The molecule has 0 unspecified atom stereocenters. The number of aromatic nitrogens is 2. The Bertz CT molecular complexity index is 1370. The summed E-state index contributed by atoms with van der Waals surface area (Å²) in [5, 5.41) is 1.08. The molecule has 2 aromatic carbocycles. The Morgan fingerprint density at radius 1 is 1.03 bits per heavy atom. The number of hydrogen-bond acceptors (Lipinski definition) is 3. The van der Waals surface area contributed by atoms with Gasteiger partial charge in [-0.2, -0.15) is 0 Å². The lowest BCUT2D eigenvalue weighted by atomic mass is 9.73. The lowest BCUT2D eigenvalue weighted by Crippen LogP contribution is -2.44. The van der Waals surface area contributed by atoms with Crippen molar-refractivity contribution in [1.29, 1.82) is 0 Å². The van der Waals surface area contributed by atoms with Gasteiger partial charge in [0, 0.05) is 48.3 Å². The molecule has 3 heterocycles. The van der Waals surface area contributed by atoms with Crippen LogP contribution in [0.1, 0.15) is 35.7 Å². The number of aryl methyl sites for hydroxylation is 1. The molecule has 2 aromatic heterocycles. The van der Waals surface area contributed by atoms with Crippen LogP contribution in [-0.2, 0) is 6.42 Å². The maximum Gasteiger partial charge on any atom is 0.139 e. The normalized spacial score (nSPS) is 19.4. The number of piperidine rings is 1. The Labute approximate surface area is 203 Å². The molecule has 33 heavy (non-hydrogen) atoms. The summed E-state index contributed by atoms with van der Waals surface area (Å²) in [5.74, 6) is 0. The standard InChI is InChI=1S/C27H26Cl2N4/c1-17-13-19(14-24-31-23(16-33(17)24)21-7-4-8-22(28)25(21)29)32-11-9-27(10-12-32)15-18-5-2-3-6-20(18)26(27)30/h2-8,13-14,16,26H,9-12,15,30H2,1H3/t26-/m1/s1. The maximum absolute atomic E-state index is 6.77. The molecular formula is C27H26Cl2N4. The summed E-state index contributed by atoms with van der Waals surface area (Å²) in [4.78, 5) is 7.37. The molecule has 0 radical (unpaired) electrons. The van der Waals surface area contributed by atoms with Gasteiger partial charge in [-0.05, 0) is 54.9 Å². The fourth-order valence-corrected chi connectivity index (χ4v) is 6.16. The summed E-state index contributed by atoms with van der Waals surface area (Å²) in [7, 11) is 0. The zero-order chi connectivity index (χ0) is 22.7. The van der Waals surface area contributed by atoms with Crippen molar-refractivity contribution < 1.29 is 0 Å². The van der Waals surface area contributed by atoms with Crippen molar-refractivity contribution in [2.45, 2.75) is 32.2 Å². The van der Waals surface area contributed by atoms with E-state index in [0.29, 0.717) is 10.0 Å². The van der Waals surface area contributed by atoms with Crippen LogP contribution in [0.3, 0.4) is 0 Å². The number of imidazole rings is 1. The van der Waals surface area contributed by atoms with Gasteiger partial charge in [0.1, 0.15) is 5.65 Å². The summed E-state index contributed by atoms with van der Waals surface area (Å²) in [6.45, 7) is 4.13. The first-order valence-corrected chi connectivity index (χ1v) is 12.2. The zero-order valence-electron chi connectivity index (χ0n) is 18.6. The summed E-state index contributed by atoms with van der Waals surface area (Å²) in [5.41, 5.74) is 14.7. The molecule has 0 bridgehead atoms. The van der Waals surface area contributed by atoms with Crippen molar-refractivity contribution in [3.63, 3.8) is 0 Å². The average Bonchev–Trinajstić information content (AvgIpc) is 3.36. The fraction of sp³-hybridized carbons (Fsp3) is 0.296. The Morgan fingerprint density at radius 2 is 1.82 bits per heavy atom. The molecule has 1 atom stereocenters. The van der Waals surface area contributed by atoms with Crippen molar-refractivity contribution in [2.24, 2.45) is 11.1 Å². The average molecular weight is 477 g/mol. The van der Waals surface area contributed by atoms with E-state index in [1.165, 1.54) is 16.8 Å². The number of fused-ring (bicyclic) bond motifs is 2. The van der Waals surface area contributed by atoms with E-state index >= 15 is 0 Å². The molecular weight excluding hydrogens is 451 g/mol. The van der Waals surface area contributed by atoms with Gasteiger partial charge in [-0.3, -0.25) is 0 Å². The second-order valence-corrected chi connectivity index (χ2v) is 10.3. The molecule has 1 fully saturated rings. The highest BCUT2D eigenvalue weighted by atomic mass is 35.5. The number of nitrogens with two attached hydrogens (primary N) is 1. The van der Waals surface area contributed by atoms with Crippen molar-refractivity contribution in [1.82, 2.24) is 9.38 Å². The number of anilines is 1. The van der Waals surface area contributed by atoms with Crippen molar-refractivity contribution in [2.75, 3.05) is 18.0 Å². The molecule has 1 aliphatic heterocycles. The van der Waals surface area contributed by atoms with Gasteiger partial charge < -0.3 is 15.0 Å². The van der Waals surface area contributed by atoms with Gasteiger partial charge in [-0.1, -0.05) is 59.6 Å². The fourth-order valence-electron chi connectivity index (χ4n) is 5.77. The highest BCUT2D eigenvalue weighted by molar-refractivity contribution is 6.43. The molecule has 4 nitrogen and oxygen atoms in total. The van der Waals surface area contributed by atoms with Gasteiger partial charge in [0.25, 0.3) is 0 Å². The van der Waals surface area contributed by atoms with Crippen LogP contribution in [-0.4, -0.2) is 22.5 Å². The minimum Gasteiger partial charge on any atom is -0.371 e. The first-order valence-electron chi connectivity index (χ1n) is 11.5. The number of pyridine rings is 1. The zero-order valence-corrected chi connectivity index (χ0v) is 20.1. The molecule has 6 rings (SSSR count). The molecule has 1 spiro atoms. The first kappa shape index (κ1) is 21.0. The largest absolute Gasteiger partial charge is 0.371 e. The molecule has 6 heteroatoms. The molecule has 1 saturated heterocycles. The van der Waals surface area contributed by atoms with Crippen LogP contribution in [0.2, 0.25) is 10.0 Å². The van der Waals surface area contributed by atoms with E-state index in [-0.39, 0.29) is 11.5 Å². The summed E-state index contributed by atoms with van der Waals surface area (Å²) in [6, 6.07) is 18.9. The highest BCUT2D eigenvalue weighted by Crippen LogP contribution is 2.51. The van der Waals surface area contributed by atoms with Crippen LogP contribution < -0.4 is 10.6 Å². The summed E-state index contributed by atoms with van der Waals surface area (Å²) < 4.78 is 2.12. The Balaban J connectivity index is 1.28. The van der Waals surface area contributed by atoms with Crippen LogP contribution in [0.15, 0.2) is 60.8 Å². The minimum atomic E-state index is 0.136. The summed E-state index contributed by atoms with van der Waals surface area (Å²) in [6.07, 6.45) is 5.34. The van der Waals surface area contributed by atoms with Gasteiger partial charge in [0.05, 0.1) is 15.7 Å². The van der Waals surface area contributed by atoms with Crippen LogP contribution in [0, 0.1) is 12.3 Å². The predicted octanol–water partition coefficient (Wildman–Crippen LogP) is 6.46. The smallest absolute Gasteiger partial charge is 0.139 e. The topological polar surface area (TPSA) is 46.6 Å². The third kappa shape index (κ3) is 3.35. The van der Waals surface area contributed by atoms with E-state index in [2.05, 4.69) is 52.6 Å². The quantitative estimate of drug-likeness (QED) is 0.361. The highest BCUT2D eigenvalue weighted by Gasteiger charge is 2.45. The predicted molar refractivity (Wildman–Crippen MR) is 136 cm³/mol. The van der Waals surface area contributed by atoms with E-state index in [9.17, 15) is 0 Å². The third-order valence-electron chi connectivity index (χ3n) is 7.69. The van der Waals surface area contributed by atoms with Gasteiger partial charge in [0.2, 0.25) is 0 Å². The number of benzene rings is 2. The SMILES string of the molecule is Cc1cc(N2CCC3(CC2)Cc2ccccc2[C@H]3N)cc2nc(-c3cccc(Cl)c3Cl)cn12. The lowest BCUT2D eigenvalue weighted by Gasteiger charge is -2.43. The minimum absolute atomic E-state index is 0.136. The number of nitrogens with zero attached hydrogens (tertiary/aromatic N) is 3. The molecule has 2 aliphatic rings. The van der Waals surface area contributed by atoms with E-state index in [1.807, 2.05) is 18.3 Å². The Morgan fingerprint density at radius 3 is 2.61 bits per heavy atom. The van der Waals surface area contributed by atoms with Crippen molar-refractivity contribution in [3.05, 3.63) is 87.7 Å². The van der Waals surface area contributed by atoms with E-state index in [0.717, 1.165) is 55.0 Å². The van der Waals surface area contributed by atoms with Crippen molar-refractivity contribution in [3.8, 4) is 11.3 Å². The number of hydrogen-bond donors (Lipinski definition) is 1. The monoisotopic (exact) mass is 476 g/mol. The van der Waals surface area contributed by atoms with E-state index < -0.39 is 0 Å². The lowest BCUT2D eigenvalue weighted by molar-refractivity contribution is 0.187. The third-order valence-corrected chi connectivity index (χ3v) is 8.51. The molecule has 2 N–H and O–H groups in total. The second-order valence-electron chi connectivity index (χ2n) is 9.51. The van der Waals surface area contributed by atoms with Gasteiger partial charge in [-0.15, -0.1) is 0 Å². The molecule has 0 amide bonds. The number of rotatable bonds is 2. The van der Waals surface area contributed by atoms with Crippen LogP contribution >= 0.6 is 23.2 Å². The molecule has 1 aliphatic carbocycles. The van der Waals surface area contributed by atoms with Gasteiger partial charge in [0.15, 0.2) is 0 Å². The molecule has 0 saturated carbocycles. The van der Waals surface area contributed by atoms with E-state index in [1.54, 1.807) is 6.07 Å². The van der Waals surface area contributed by atoms with Gasteiger partial charge >= 0.3 is 0 Å². The molecule has 168 valence electrons. The molecule has 4 aromatic rings. The number of halogens is 2. The van der Waals surface area contributed by atoms with Crippen molar-refractivity contribution >= 4 is 34.5 Å². The maximum atomic E-state index is 6.77. The van der Waals surface area contributed by atoms with E-state index in [4.69, 9.17) is 33.9 Å². The Hall–Kier alpha value is -2.53. The summed E-state index contributed by atoms with van der Waals surface area (Å²) >= 11 is 12.7. The van der Waals surface area contributed by atoms with Crippen LogP contribution in [0.4, 0.5) is 5.69 Å². The second kappa shape index (κ2) is 7.76. The van der Waals surface area contributed by atoms with Crippen LogP contribution in [0.25, 0.3) is 16.9 Å². The Kier molecular flexibility index (Phi) is 4.95. The first-order chi connectivity index (χ1) is 15.9. The van der Waals surface area contributed by atoms with Gasteiger partial charge in [-0.25, -0.2) is 4.98 Å². The van der Waals surface area contributed by atoms with Crippen LogP contribution in [0.5, 0.6) is 0 Å².